The van der Waals surface area contributed by atoms with E-state index in [0.717, 1.165) is 25.8 Å². The van der Waals surface area contributed by atoms with Crippen molar-refractivity contribution >= 4 is 15.7 Å². The molecular weight excluding hydrogens is 320 g/mol. The van der Waals surface area contributed by atoms with Crippen LogP contribution in [-0.4, -0.2) is 26.8 Å². The van der Waals surface area contributed by atoms with E-state index < -0.39 is 10.0 Å². The number of benzene rings is 1. The predicted octanol–water partition coefficient (Wildman–Crippen LogP) is 4.21. The van der Waals surface area contributed by atoms with Gasteiger partial charge in [-0.05, 0) is 68.2 Å². The van der Waals surface area contributed by atoms with Gasteiger partial charge in [-0.25, -0.2) is 13.1 Å². The summed E-state index contributed by atoms with van der Waals surface area (Å²) in [6, 6.07) is 6.76. The molecule has 0 aliphatic heterocycles. The summed E-state index contributed by atoms with van der Waals surface area (Å²) in [6.45, 7) is 9.48. The van der Waals surface area contributed by atoms with E-state index in [2.05, 4.69) is 42.1 Å². The van der Waals surface area contributed by atoms with Gasteiger partial charge in [0.25, 0.3) is 0 Å². The van der Waals surface area contributed by atoms with Gasteiger partial charge in [0.1, 0.15) is 0 Å². The van der Waals surface area contributed by atoms with Crippen LogP contribution in [0.4, 0.5) is 5.69 Å². The highest BCUT2D eigenvalue weighted by Crippen LogP contribution is 2.42. The van der Waals surface area contributed by atoms with Gasteiger partial charge in [-0.3, -0.25) is 0 Å². The summed E-state index contributed by atoms with van der Waals surface area (Å²) in [5.41, 5.74) is 4.20. The quantitative estimate of drug-likeness (QED) is 0.655. The first-order valence-corrected chi connectivity index (χ1v) is 10.7. The van der Waals surface area contributed by atoms with Crippen LogP contribution in [0.15, 0.2) is 18.2 Å². The second kappa shape index (κ2) is 8.34. The maximum Gasteiger partial charge on any atom is 0.213 e. The molecular formula is C19H32N2O2S. The molecule has 0 aromatic heterocycles. The Morgan fingerprint density at radius 3 is 2.42 bits per heavy atom. The van der Waals surface area contributed by atoms with Crippen molar-refractivity contribution in [3.63, 3.8) is 0 Å². The van der Waals surface area contributed by atoms with Gasteiger partial charge in [-0.2, -0.15) is 0 Å². The third kappa shape index (κ3) is 4.96. The van der Waals surface area contributed by atoms with E-state index in [1.165, 1.54) is 23.2 Å². The molecule has 24 heavy (non-hydrogen) atoms. The molecule has 0 amide bonds. The number of sulfonamides is 1. The van der Waals surface area contributed by atoms with Crippen LogP contribution < -0.4 is 10.0 Å². The van der Waals surface area contributed by atoms with Gasteiger partial charge in [0.05, 0.1) is 5.25 Å². The lowest BCUT2D eigenvalue weighted by Crippen LogP contribution is -2.31. The molecule has 0 heterocycles. The van der Waals surface area contributed by atoms with Crippen molar-refractivity contribution < 1.29 is 8.42 Å². The van der Waals surface area contributed by atoms with Crippen LogP contribution in [-0.2, 0) is 10.0 Å². The van der Waals surface area contributed by atoms with Crippen LogP contribution in [0.1, 0.15) is 76.3 Å². The minimum absolute atomic E-state index is 0.357. The highest BCUT2D eigenvalue weighted by atomic mass is 32.2. The van der Waals surface area contributed by atoms with E-state index >= 15 is 0 Å². The zero-order chi connectivity index (χ0) is 17.7. The van der Waals surface area contributed by atoms with Crippen LogP contribution in [0.5, 0.6) is 0 Å². The molecule has 2 N–H and O–H groups in total. The lowest BCUT2D eigenvalue weighted by atomic mass is 10.0. The van der Waals surface area contributed by atoms with Gasteiger partial charge >= 0.3 is 0 Å². The number of hydrogen-bond donors (Lipinski definition) is 2. The molecule has 4 nitrogen and oxygen atoms in total. The summed E-state index contributed by atoms with van der Waals surface area (Å²) in [5, 5.41) is 3.14. The largest absolute Gasteiger partial charge is 0.385 e. The Kier molecular flexibility index (Phi) is 6.70. The molecule has 2 rings (SSSR count). The topological polar surface area (TPSA) is 58.2 Å². The number of rotatable bonds is 9. The maximum atomic E-state index is 11.6. The molecule has 2 atom stereocenters. The second-order valence-electron chi connectivity index (χ2n) is 7.36. The van der Waals surface area contributed by atoms with E-state index in [1.807, 2.05) is 0 Å². The predicted molar refractivity (Wildman–Crippen MR) is 102 cm³/mol. The molecule has 0 saturated carbocycles. The molecule has 0 spiro atoms. The van der Waals surface area contributed by atoms with E-state index in [1.54, 1.807) is 13.8 Å². The molecule has 5 heteroatoms. The molecule has 136 valence electrons. The maximum absolute atomic E-state index is 11.6. The first kappa shape index (κ1) is 19.3. The second-order valence-corrected chi connectivity index (χ2v) is 9.68. The van der Waals surface area contributed by atoms with E-state index in [-0.39, 0.29) is 5.25 Å². The summed E-state index contributed by atoms with van der Waals surface area (Å²) >= 11 is 0. The molecule has 1 aliphatic carbocycles. The average molecular weight is 353 g/mol. The van der Waals surface area contributed by atoms with Gasteiger partial charge < -0.3 is 5.32 Å². The van der Waals surface area contributed by atoms with E-state index in [4.69, 9.17) is 0 Å². The smallest absolute Gasteiger partial charge is 0.213 e. The Morgan fingerprint density at radius 2 is 1.71 bits per heavy atom. The SMILES string of the molecule is CC1CC(C)c2cc(NCCCCCNS(=O)(=O)C(C)C)ccc21. The number of anilines is 1. The third-order valence-corrected chi connectivity index (χ3v) is 6.81. The number of unbranched alkanes of at least 4 members (excludes halogenated alkanes) is 2. The van der Waals surface area contributed by atoms with Crippen LogP contribution in [0.25, 0.3) is 0 Å². The Hall–Kier alpha value is -1.07. The normalized spacial score (nSPS) is 20.4. The number of hydrogen-bond acceptors (Lipinski definition) is 3. The van der Waals surface area contributed by atoms with Crippen molar-refractivity contribution in [2.45, 2.75) is 70.5 Å². The van der Waals surface area contributed by atoms with Gasteiger partial charge in [-0.15, -0.1) is 0 Å². The fourth-order valence-electron chi connectivity index (χ4n) is 3.39. The minimum Gasteiger partial charge on any atom is -0.385 e. The van der Waals surface area contributed by atoms with Crippen molar-refractivity contribution in [3.8, 4) is 0 Å². The fraction of sp³-hybridized carbons (Fsp3) is 0.684. The first-order valence-electron chi connectivity index (χ1n) is 9.17. The lowest BCUT2D eigenvalue weighted by Gasteiger charge is -2.11. The van der Waals surface area contributed by atoms with Gasteiger partial charge in [-0.1, -0.05) is 26.3 Å². The zero-order valence-corrected chi connectivity index (χ0v) is 16.2. The van der Waals surface area contributed by atoms with Crippen molar-refractivity contribution in [1.82, 2.24) is 4.72 Å². The Bertz CT molecular complexity index is 641. The Morgan fingerprint density at radius 1 is 1.04 bits per heavy atom. The number of nitrogens with one attached hydrogen (secondary N) is 2. The van der Waals surface area contributed by atoms with E-state index in [0.29, 0.717) is 18.4 Å². The standard InChI is InChI=1S/C19H32N2O2S/c1-14(2)24(22,23)21-11-7-5-6-10-20-17-8-9-18-15(3)12-16(4)19(18)13-17/h8-9,13-16,20-21H,5-7,10-12H2,1-4H3. The third-order valence-electron chi connectivity index (χ3n) is 4.96. The molecule has 1 aliphatic rings. The molecule has 1 aromatic rings. The monoisotopic (exact) mass is 352 g/mol. The van der Waals surface area contributed by atoms with Gasteiger partial charge in [0.15, 0.2) is 0 Å². The number of fused-ring (bicyclic) bond motifs is 1. The molecule has 0 radical (unpaired) electrons. The van der Waals surface area contributed by atoms with Crippen LogP contribution in [0, 0.1) is 0 Å². The summed E-state index contributed by atoms with van der Waals surface area (Å²) in [6.07, 6.45) is 4.20. The Labute approximate surface area is 147 Å². The van der Waals surface area contributed by atoms with Crippen LogP contribution in [0.2, 0.25) is 0 Å². The fourth-order valence-corrected chi connectivity index (χ4v) is 4.15. The summed E-state index contributed by atoms with van der Waals surface area (Å²) in [4.78, 5) is 0. The highest BCUT2D eigenvalue weighted by molar-refractivity contribution is 7.90. The van der Waals surface area contributed by atoms with Gasteiger partial charge in [0, 0.05) is 18.8 Å². The summed E-state index contributed by atoms with van der Waals surface area (Å²) in [5.74, 6) is 1.34. The molecule has 0 saturated heterocycles. The molecule has 2 unspecified atom stereocenters. The average Bonchev–Trinajstić information content (AvgIpc) is 2.80. The highest BCUT2D eigenvalue weighted by Gasteiger charge is 2.24. The summed E-state index contributed by atoms with van der Waals surface area (Å²) in [7, 11) is -3.12. The van der Waals surface area contributed by atoms with E-state index in [9.17, 15) is 8.42 Å². The summed E-state index contributed by atoms with van der Waals surface area (Å²) < 4.78 is 25.9. The molecule has 1 aromatic carbocycles. The van der Waals surface area contributed by atoms with Crippen LogP contribution in [0.3, 0.4) is 0 Å². The Balaban J connectivity index is 1.66. The van der Waals surface area contributed by atoms with Crippen molar-refractivity contribution in [1.29, 1.82) is 0 Å². The molecule has 0 bridgehead atoms. The lowest BCUT2D eigenvalue weighted by molar-refractivity contribution is 0.566. The molecule has 0 fully saturated rings. The minimum atomic E-state index is -3.12. The van der Waals surface area contributed by atoms with Crippen molar-refractivity contribution in [2.24, 2.45) is 0 Å². The van der Waals surface area contributed by atoms with Crippen LogP contribution >= 0.6 is 0 Å². The van der Waals surface area contributed by atoms with Crippen molar-refractivity contribution in [3.05, 3.63) is 29.3 Å². The van der Waals surface area contributed by atoms with Crippen molar-refractivity contribution in [2.75, 3.05) is 18.4 Å². The first-order chi connectivity index (χ1) is 11.3. The van der Waals surface area contributed by atoms with Gasteiger partial charge in [0.2, 0.25) is 10.0 Å². The zero-order valence-electron chi connectivity index (χ0n) is 15.4.